The Bertz CT molecular complexity index is 2580. The van der Waals surface area contributed by atoms with E-state index < -0.39 is 22.8 Å². The molecule has 320 valence electrons. The summed E-state index contributed by atoms with van der Waals surface area (Å²) in [4.78, 5) is 21.1. The van der Waals surface area contributed by atoms with Gasteiger partial charge in [0.05, 0.1) is 16.7 Å². The van der Waals surface area contributed by atoms with E-state index in [9.17, 15) is 15.3 Å². The van der Waals surface area contributed by atoms with Gasteiger partial charge in [0.25, 0.3) is 0 Å². The van der Waals surface area contributed by atoms with Gasteiger partial charge in [-0.2, -0.15) is 20.7 Å². The standard InChI is InChI=1S/C25H30ClN5O3.C20H22ClN5O/c1-16(2)13-25(6,29-23(32)34-24(3,4)5)15-33-20-8-7-17(11-18(20)14-27)19-12-21(26)30-31-10-9-28-22(19)31;1-13(2)10-20(3,23)12-27-17-5-4-14(8-15(17)11-22)16-9-18(21)25-26-7-6-24-19(16)26/h7-12,16H,13,15H2,1-6H3,(H,29,32);4-9,13H,10,12,23H2,1-3H3/t25-;20-/m00/s1. The lowest BCUT2D eigenvalue weighted by atomic mass is 9.91. The summed E-state index contributed by atoms with van der Waals surface area (Å²) in [5.41, 5.74) is 9.78. The Labute approximate surface area is 366 Å². The molecule has 0 bridgehead atoms. The van der Waals surface area contributed by atoms with Crippen molar-refractivity contribution >= 4 is 40.6 Å². The molecule has 0 aliphatic carbocycles. The number of nitrogens with two attached hydrogens (primary N) is 1. The minimum Gasteiger partial charge on any atom is -0.490 e. The van der Waals surface area contributed by atoms with Gasteiger partial charge in [-0.05, 0) is 107 Å². The van der Waals surface area contributed by atoms with Gasteiger partial charge in [0.2, 0.25) is 0 Å². The summed E-state index contributed by atoms with van der Waals surface area (Å²) >= 11 is 12.3. The number of carbonyl (C=O) groups excluding carboxylic acids is 1. The van der Waals surface area contributed by atoms with Gasteiger partial charge in [-0.25, -0.2) is 23.8 Å². The van der Waals surface area contributed by atoms with Crippen molar-refractivity contribution in [2.24, 2.45) is 17.6 Å². The summed E-state index contributed by atoms with van der Waals surface area (Å²) in [5.74, 6) is 1.71. The highest BCUT2D eigenvalue weighted by Gasteiger charge is 2.31. The second kappa shape index (κ2) is 19.2. The summed E-state index contributed by atoms with van der Waals surface area (Å²) in [6.07, 6.45) is 7.72. The van der Waals surface area contributed by atoms with Gasteiger partial charge in [0, 0.05) is 41.5 Å². The maximum atomic E-state index is 12.4. The van der Waals surface area contributed by atoms with Crippen molar-refractivity contribution in [3.8, 4) is 45.9 Å². The highest BCUT2D eigenvalue weighted by Crippen LogP contribution is 2.32. The van der Waals surface area contributed by atoms with Gasteiger partial charge in [-0.15, -0.1) is 0 Å². The zero-order chi connectivity index (χ0) is 44.7. The first-order valence-corrected chi connectivity index (χ1v) is 20.6. The van der Waals surface area contributed by atoms with Crippen LogP contribution in [0.25, 0.3) is 33.5 Å². The molecule has 0 saturated heterocycles. The fraction of sp³-hybridized carbons (Fsp3) is 0.400. The molecule has 0 fully saturated rings. The molecule has 0 aliphatic heterocycles. The van der Waals surface area contributed by atoms with Crippen molar-refractivity contribution in [2.45, 2.75) is 91.8 Å². The minimum atomic E-state index is -0.692. The average Bonchev–Trinajstić information content (AvgIpc) is 3.84. The molecule has 4 heterocycles. The Kier molecular flexibility index (Phi) is 14.5. The van der Waals surface area contributed by atoms with E-state index >= 15 is 0 Å². The topological polar surface area (TPSA) is 191 Å². The molecule has 14 nitrogen and oxygen atoms in total. The lowest BCUT2D eigenvalue weighted by Gasteiger charge is -2.33. The van der Waals surface area contributed by atoms with Gasteiger partial charge in [-0.1, -0.05) is 63.0 Å². The molecule has 61 heavy (non-hydrogen) atoms. The number of carbonyl (C=O) groups is 1. The number of alkyl carbamates (subject to hydrolysis) is 1. The van der Waals surface area contributed by atoms with Crippen LogP contribution in [0.5, 0.6) is 11.5 Å². The number of aromatic nitrogens is 6. The van der Waals surface area contributed by atoms with Gasteiger partial charge >= 0.3 is 6.09 Å². The Morgan fingerprint density at radius 3 is 1.64 bits per heavy atom. The quantitative estimate of drug-likeness (QED) is 0.112. The van der Waals surface area contributed by atoms with Gasteiger partial charge in [0.15, 0.2) is 21.6 Å². The average molecular weight is 868 g/mol. The van der Waals surface area contributed by atoms with Crippen molar-refractivity contribution in [2.75, 3.05) is 13.2 Å². The molecule has 0 spiro atoms. The van der Waals surface area contributed by atoms with Crippen LogP contribution < -0.4 is 20.5 Å². The monoisotopic (exact) mass is 866 g/mol. The van der Waals surface area contributed by atoms with E-state index in [-0.39, 0.29) is 6.61 Å². The zero-order valence-electron chi connectivity index (χ0n) is 36.0. The van der Waals surface area contributed by atoms with Crippen molar-refractivity contribution in [1.82, 2.24) is 34.5 Å². The van der Waals surface area contributed by atoms with Crippen molar-refractivity contribution < 1.29 is 19.0 Å². The van der Waals surface area contributed by atoms with Crippen LogP contribution in [0.3, 0.4) is 0 Å². The largest absolute Gasteiger partial charge is 0.490 e. The molecule has 6 aromatic rings. The molecule has 1 amide bonds. The molecule has 3 N–H and O–H groups in total. The maximum absolute atomic E-state index is 12.4. The van der Waals surface area contributed by atoms with E-state index in [4.69, 9.17) is 43.1 Å². The van der Waals surface area contributed by atoms with Crippen LogP contribution in [0.15, 0.2) is 73.3 Å². The number of hydrogen-bond acceptors (Lipinski definition) is 11. The van der Waals surface area contributed by atoms with E-state index in [2.05, 4.69) is 65.3 Å². The Morgan fingerprint density at radius 1 is 0.754 bits per heavy atom. The lowest BCUT2D eigenvalue weighted by Crippen LogP contribution is -2.52. The highest BCUT2D eigenvalue weighted by atomic mass is 35.5. The molecule has 0 saturated carbocycles. The van der Waals surface area contributed by atoms with Crippen LogP contribution in [-0.4, -0.2) is 65.2 Å². The summed E-state index contributed by atoms with van der Waals surface area (Å²) in [7, 11) is 0. The minimum absolute atomic E-state index is 0.171. The number of nitriles is 2. The number of ether oxygens (including phenoxy) is 3. The van der Waals surface area contributed by atoms with Crippen LogP contribution in [0.4, 0.5) is 4.79 Å². The van der Waals surface area contributed by atoms with E-state index in [0.29, 0.717) is 69.1 Å². The Morgan fingerprint density at radius 2 is 1.21 bits per heavy atom. The number of hydrogen-bond donors (Lipinski definition) is 2. The smallest absolute Gasteiger partial charge is 0.408 e. The summed E-state index contributed by atoms with van der Waals surface area (Å²) in [6, 6.07) is 18.6. The molecule has 6 rings (SSSR count). The van der Waals surface area contributed by atoms with Crippen LogP contribution in [0, 0.1) is 34.5 Å². The predicted octanol–water partition coefficient (Wildman–Crippen LogP) is 9.69. The first-order valence-electron chi connectivity index (χ1n) is 19.8. The number of benzene rings is 2. The lowest BCUT2D eigenvalue weighted by molar-refractivity contribution is 0.0408. The van der Waals surface area contributed by atoms with E-state index in [1.165, 1.54) is 0 Å². The number of imidazole rings is 2. The Hall–Kier alpha value is -5.93. The molecule has 0 unspecified atom stereocenters. The van der Waals surface area contributed by atoms with Gasteiger partial charge in [-0.3, -0.25) is 0 Å². The summed E-state index contributed by atoms with van der Waals surface area (Å²) < 4.78 is 20.6. The second-order valence-electron chi connectivity index (χ2n) is 17.4. The van der Waals surface area contributed by atoms with Gasteiger partial charge in [0.1, 0.15) is 42.5 Å². The third-order valence-corrected chi connectivity index (χ3v) is 9.49. The normalized spacial score (nSPS) is 13.4. The van der Waals surface area contributed by atoms with Crippen molar-refractivity contribution in [1.29, 1.82) is 10.5 Å². The predicted molar refractivity (Wildman–Crippen MR) is 237 cm³/mol. The molecular weight excluding hydrogens is 815 g/mol. The maximum Gasteiger partial charge on any atom is 0.408 e. The van der Waals surface area contributed by atoms with E-state index in [1.807, 2.05) is 46.8 Å². The number of fused-ring (bicyclic) bond motifs is 2. The number of nitrogens with one attached hydrogen (secondary N) is 1. The van der Waals surface area contributed by atoms with Crippen LogP contribution >= 0.6 is 23.2 Å². The number of amides is 1. The third kappa shape index (κ3) is 12.6. The first kappa shape index (κ1) is 46.1. The van der Waals surface area contributed by atoms with Gasteiger partial charge < -0.3 is 25.3 Å². The molecule has 2 atom stereocenters. The number of halogens is 2. The highest BCUT2D eigenvalue weighted by molar-refractivity contribution is 6.30. The number of rotatable bonds is 13. The zero-order valence-corrected chi connectivity index (χ0v) is 37.5. The number of nitrogens with zero attached hydrogens (tertiary/aromatic N) is 8. The molecule has 0 aliphatic rings. The van der Waals surface area contributed by atoms with E-state index in [0.717, 1.165) is 28.7 Å². The molecule has 4 aromatic heterocycles. The molecule has 16 heteroatoms. The first-order chi connectivity index (χ1) is 28.7. The SMILES string of the molecule is CC(C)C[C@@](C)(COc1ccc(-c2cc(Cl)nn3ccnc23)cc1C#N)NC(=O)OC(C)(C)C.CC(C)C[C@](C)(N)COc1ccc(-c2cc(Cl)nn3ccnc23)cc1C#N. The third-order valence-electron chi connectivity index (χ3n) is 9.12. The fourth-order valence-electron chi connectivity index (χ4n) is 7.09. The fourth-order valence-corrected chi connectivity index (χ4v) is 7.47. The molecular formula is C45H52Cl2N10O4. The summed E-state index contributed by atoms with van der Waals surface area (Å²) in [5, 5.41) is 31.3. The molecule has 0 radical (unpaired) electrons. The van der Waals surface area contributed by atoms with Crippen molar-refractivity contribution in [3.63, 3.8) is 0 Å². The van der Waals surface area contributed by atoms with Crippen LogP contribution in [0.1, 0.15) is 86.3 Å². The molecule has 2 aromatic carbocycles. The van der Waals surface area contributed by atoms with Crippen molar-refractivity contribution in [3.05, 3.63) is 94.8 Å². The summed E-state index contributed by atoms with van der Waals surface area (Å²) in [6.45, 7) is 18.2. The van der Waals surface area contributed by atoms with Crippen LogP contribution in [0.2, 0.25) is 10.3 Å². The van der Waals surface area contributed by atoms with E-state index in [1.54, 1.807) is 70.2 Å². The Balaban J connectivity index is 0.000000237. The second-order valence-corrected chi connectivity index (χ2v) is 18.2. The van der Waals surface area contributed by atoms with Crippen LogP contribution in [-0.2, 0) is 4.74 Å².